The first kappa shape index (κ1) is 20.8. The molecular formula is C20H24N6O2S2. The lowest BCUT2D eigenvalue weighted by atomic mass is 10.4. The van der Waals surface area contributed by atoms with Crippen LogP contribution in [0.4, 0.5) is 0 Å². The molecule has 1 aliphatic carbocycles. The second kappa shape index (κ2) is 9.57. The zero-order valence-corrected chi connectivity index (χ0v) is 18.5. The lowest BCUT2D eigenvalue weighted by Crippen LogP contribution is -2.33. The van der Waals surface area contributed by atoms with Crippen LogP contribution in [-0.2, 0) is 17.9 Å². The number of hydrogen-bond acceptors (Lipinski definition) is 8. The maximum absolute atomic E-state index is 12.9. The molecule has 0 saturated heterocycles. The Kier molecular flexibility index (Phi) is 6.63. The Morgan fingerprint density at radius 3 is 2.97 bits per heavy atom. The molecule has 3 aromatic rings. The van der Waals surface area contributed by atoms with Crippen LogP contribution in [0.15, 0.2) is 39.7 Å². The van der Waals surface area contributed by atoms with E-state index >= 15 is 0 Å². The number of rotatable bonds is 11. The highest BCUT2D eigenvalue weighted by atomic mass is 32.2. The van der Waals surface area contributed by atoms with Crippen LogP contribution >= 0.6 is 23.1 Å². The van der Waals surface area contributed by atoms with E-state index in [2.05, 4.69) is 31.5 Å². The summed E-state index contributed by atoms with van der Waals surface area (Å²) in [5.74, 6) is 2.72. The molecule has 1 aliphatic rings. The summed E-state index contributed by atoms with van der Waals surface area (Å²) >= 11 is 2.96. The SMILES string of the molecule is C=CCn1c(SCC(=O)N(CCC)Cc2nnc(-c3cccs3)o2)nnc1C1CC1. The quantitative estimate of drug-likeness (QED) is 0.326. The van der Waals surface area contributed by atoms with E-state index in [-0.39, 0.29) is 11.7 Å². The lowest BCUT2D eigenvalue weighted by molar-refractivity contribution is -0.129. The standard InChI is InChI=1S/C20H24N6O2S2/c1-3-9-25(12-16-21-23-19(28-16)15-6-5-11-29-15)17(27)13-30-20-24-22-18(14-7-8-14)26(20)10-4-2/h4-6,11,14H,2-3,7-10,12-13H2,1H3. The van der Waals surface area contributed by atoms with Gasteiger partial charge in [0.25, 0.3) is 5.89 Å². The number of thioether (sulfide) groups is 1. The first-order valence-corrected chi connectivity index (χ1v) is 11.9. The van der Waals surface area contributed by atoms with Gasteiger partial charge in [0, 0.05) is 19.0 Å². The highest BCUT2D eigenvalue weighted by molar-refractivity contribution is 7.99. The molecule has 0 aliphatic heterocycles. The van der Waals surface area contributed by atoms with Crippen LogP contribution in [-0.4, -0.2) is 48.1 Å². The Labute approximate surface area is 183 Å². The van der Waals surface area contributed by atoms with E-state index in [9.17, 15) is 4.79 Å². The predicted molar refractivity (Wildman–Crippen MR) is 116 cm³/mol. The Morgan fingerprint density at radius 2 is 2.27 bits per heavy atom. The van der Waals surface area contributed by atoms with Gasteiger partial charge in [0.05, 0.1) is 17.2 Å². The van der Waals surface area contributed by atoms with E-state index in [1.54, 1.807) is 16.2 Å². The van der Waals surface area contributed by atoms with E-state index in [4.69, 9.17) is 4.42 Å². The zero-order valence-electron chi connectivity index (χ0n) is 16.9. The summed E-state index contributed by atoms with van der Waals surface area (Å²) in [6.45, 7) is 7.46. The number of thiophene rings is 1. The number of carbonyl (C=O) groups is 1. The number of aromatic nitrogens is 5. The fourth-order valence-electron chi connectivity index (χ4n) is 3.11. The number of allylic oxidation sites excluding steroid dienone is 1. The summed E-state index contributed by atoms with van der Waals surface area (Å²) < 4.78 is 7.82. The van der Waals surface area contributed by atoms with Gasteiger partial charge in [0.15, 0.2) is 5.16 Å². The van der Waals surface area contributed by atoms with Crippen molar-refractivity contribution in [2.45, 2.75) is 50.4 Å². The van der Waals surface area contributed by atoms with Crippen molar-refractivity contribution in [1.82, 2.24) is 29.9 Å². The molecule has 0 aromatic carbocycles. The average molecular weight is 445 g/mol. The van der Waals surface area contributed by atoms with Gasteiger partial charge >= 0.3 is 0 Å². The lowest BCUT2D eigenvalue weighted by Gasteiger charge is -2.20. The van der Waals surface area contributed by atoms with Gasteiger partial charge in [-0.3, -0.25) is 4.79 Å². The van der Waals surface area contributed by atoms with E-state index in [0.29, 0.717) is 37.3 Å². The van der Waals surface area contributed by atoms with Crippen LogP contribution in [0.3, 0.4) is 0 Å². The summed E-state index contributed by atoms with van der Waals surface area (Å²) in [7, 11) is 0. The Hall–Kier alpha value is -2.46. The predicted octanol–water partition coefficient (Wildman–Crippen LogP) is 3.98. The molecule has 0 unspecified atom stereocenters. The van der Waals surface area contributed by atoms with Crippen LogP contribution in [0.5, 0.6) is 0 Å². The molecule has 0 spiro atoms. The van der Waals surface area contributed by atoms with Crippen molar-refractivity contribution in [3.05, 3.63) is 41.9 Å². The van der Waals surface area contributed by atoms with Crippen LogP contribution in [0.2, 0.25) is 0 Å². The Morgan fingerprint density at radius 1 is 1.40 bits per heavy atom. The van der Waals surface area contributed by atoms with Gasteiger partial charge in [-0.2, -0.15) is 0 Å². The maximum atomic E-state index is 12.9. The fraction of sp³-hybridized carbons (Fsp3) is 0.450. The molecule has 3 aromatic heterocycles. The smallest absolute Gasteiger partial charge is 0.257 e. The van der Waals surface area contributed by atoms with Crippen molar-refractivity contribution < 1.29 is 9.21 Å². The molecule has 4 rings (SSSR count). The monoisotopic (exact) mass is 444 g/mol. The largest absolute Gasteiger partial charge is 0.418 e. The Bertz CT molecular complexity index is 993. The van der Waals surface area contributed by atoms with Crippen LogP contribution in [0.1, 0.15) is 43.8 Å². The van der Waals surface area contributed by atoms with Crippen molar-refractivity contribution in [3.8, 4) is 10.8 Å². The molecule has 158 valence electrons. The second-order valence-corrected chi connectivity index (χ2v) is 8.99. The average Bonchev–Trinajstić information content (AvgIpc) is 3.13. The highest BCUT2D eigenvalue weighted by Gasteiger charge is 2.30. The zero-order chi connectivity index (χ0) is 20.9. The molecule has 1 saturated carbocycles. The van der Waals surface area contributed by atoms with E-state index in [0.717, 1.165) is 35.1 Å². The summed E-state index contributed by atoms with van der Waals surface area (Å²) in [4.78, 5) is 15.6. The number of hydrogen-bond donors (Lipinski definition) is 0. The molecule has 1 amide bonds. The third-order valence-electron chi connectivity index (χ3n) is 4.70. The minimum Gasteiger partial charge on any atom is -0.418 e. The fourth-order valence-corrected chi connectivity index (χ4v) is 4.61. The summed E-state index contributed by atoms with van der Waals surface area (Å²) in [6.07, 6.45) is 4.99. The van der Waals surface area contributed by atoms with Gasteiger partial charge < -0.3 is 13.9 Å². The number of nitrogens with zero attached hydrogens (tertiary/aromatic N) is 6. The molecule has 10 heteroatoms. The van der Waals surface area contributed by atoms with Gasteiger partial charge in [-0.1, -0.05) is 30.8 Å². The third-order valence-corrected chi connectivity index (χ3v) is 6.50. The van der Waals surface area contributed by atoms with Crippen molar-refractivity contribution >= 4 is 29.0 Å². The normalized spacial score (nSPS) is 13.5. The van der Waals surface area contributed by atoms with Crippen LogP contribution in [0.25, 0.3) is 10.8 Å². The van der Waals surface area contributed by atoms with Gasteiger partial charge in [-0.15, -0.1) is 38.3 Å². The Balaban J connectivity index is 1.40. The summed E-state index contributed by atoms with van der Waals surface area (Å²) in [5.41, 5.74) is 0. The minimum atomic E-state index is 0.0128. The van der Waals surface area contributed by atoms with Crippen molar-refractivity contribution in [2.24, 2.45) is 0 Å². The van der Waals surface area contributed by atoms with Gasteiger partial charge in [0.2, 0.25) is 11.8 Å². The van der Waals surface area contributed by atoms with Crippen molar-refractivity contribution in [1.29, 1.82) is 0 Å². The molecule has 0 N–H and O–H groups in total. The van der Waals surface area contributed by atoms with Crippen molar-refractivity contribution in [2.75, 3.05) is 12.3 Å². The molecule has 8 nitrogen and oxygen atoms in total. The molecular weight excluding hydrogens is 420 g/mol. The van der Waals surface area contributed by atoms with E-state index in [1.165, 1.54) is 11.8 Å². The van der Waals surface area contributed by atoms with Gasteiger partial charge in [-0.25, -0.2) is 0 Å². The minimum absolute atomic E-state index is 0.0128. The van der Waals surface area contributed by atoms with Crippen molar-refractivity contribution in [3.63, 3.8) is 0 Å². The topological polar surface area (TPSA) is 89.9 Å². The molecule has 0 atom stereocenters. The van der Waals surface area contributed by atoms with Gasteiger partial charge in [-0.05, 0) is 30.7 Å². The number of amides is 1. The highest BCUT2D eigenvalue weighted by Crippen LogP contribution is 2.40. The molecule has 3 heterocycles. The maximum Gasteiger partial charge on any atom is 0.257 e. The van der Waals surface area contributed by atoms with E-state index in [1.807, 2.05) is 30.5 Å². The van der Waals surface area contributed by atoms with E-state index < -0.39 is 0 Å². The molecule has 0 bridgehead atoms. The first-order chi connectivity index (χ1) is 14.7. The van der Waals surface area contributed by atoms with Crippen LogP contribution in [0, 0.1) is 0 Å². The molecule has 0 radical (unpaired) electrons. The summed E-state index contributed by atoms with van der Waals surface area (Å²) in [6, 6.07) is 3.87. The molecule has 1 fully saturated rings. The van der Waals surface area contributed by atoms with Crippen LogP contribution < -0.4 is 0 Å². The third kappa shape index (κ3) is 4.81. The molecule has 30 heavy (non-hydrogen) atoms. The first-order valence-electron chi connectivity index (χ1n) is 10.0. The second-order valence-electron chi connectivity index (χ2n) is 7.10. The summed E-state index contributed by atoms with van der Waals surface area (Å²) in [5, 5.41) is 19.6. The van der Waals surface area contributed by atoms with Gasteiger partial charge in [0.1, 0.15) is 5.82 Å². The number of carbonyl (C=O) groups excluding carboxylic acids is 1.